The molecule has 2 unspecified atom stereocenters. The molecule has 0 radical (unpaired) electrons. The van der Waals surface area contributed by atoms with Crippen molar-refractivity contribution in [1.82, 2.24) is 0 Å². The second-order valence-electron chi connectivity index (χ2n) is 7.38. The Hall–Kier alpha value is -1.06. The second kappa shape index (κ2) is 8.70. The number of ether oxygens (including phenoxy) is 1. The van der Waals surface area contributed by atoms with Crippen LogP contribution in [-0.4, -0.2) is 23.9 Å². The van der Waals surface area contributed by atoms with E-state index < -0.39 is 5.54 Å². The summed E-state index contributed by atoms with van der Waals surface area (Å²) in [6.45, 7) is 5.03. The molecule has 0 spiro atoms. The summed E-state index contributed by atoms with van der Waals surface area (Å²) in [6, 6.07) is 6.50. The molecule has 0 heterocycles. The van der Waals surface area contributed by atoms with Crippen LogP contribution in [0.4, 0.5) is 0 Å². The van der Waals surface area contributed by atoms with Crippen molar-refractivity contribution in [2.24, 2.45) is 5.73 Å². The van der Waals surface area contributed by atoms with Crippen LogP contribution in [0, 0.1) is 0 Å². The Morgan fingerprint density at radius 2 is 2.04 bits per heavy atom. The topological polar surface area (TPSA) is 55.5 Å². The number of nitrogens with two attached hydrogens (primary N) is 1. The zero-order chi connectivity index (χ0) is 16.7. The highest BCUT2D eigenvalue weighted by atomic mass is 16.5. The van der Waals surface area contributed by atoms with Gasteiger partial charge in [-0.15, -0.1) is 0 Å². The Morgan fingerprint density at radius 3 is 2.78 bits per heavy atom. The molecular formula is C20H33NO2. The molecule has 0 amide bonds. The van der Waals surface area contributed by atoms with E-state index in [2.05, 4.69) is 25.1 Å². The van der Waals surface area contributed by atoms with Gasteiger partial charge in [0.1, 0.15) is 5.75 Å². The first-order valence-corrected chi connectivity index (χ1v) is 9.21. The quantitative estimate of drug-likeness (QED) is 0.637. The molecule has 3 N–H and O–H groups in total. The minimum Gasteiger partial charge on any atom is -0.494 e. The van der Waals surface area contributed by atoms with Crippen LogP contribution in [0.2, 0.25) is 0 Å². The van der Waals surface area contributed by atoms with Gasteiger partial charge in [0.05, 0.1) is 13.2 Å². The fraction of sp³-hybridized carbons (Fsp3) is 0.700. The van der Waals surface area contributed by atoms with Gasteiger partial charge in [0.15, 0.2) is 0 Å². The van der Waals surface area contributed by atoms with E-state index >= 15 is 0 Å². The molecule has 0 saturated carbocycles. The highest BCUT2D eigenvalue weighted by Gasteiger charge is 2.29. The van der Waals surface area contributed by atoms with Crippen LogP contribution in [0.5, 0.6) is 5.75 Å². The van der Waals surface area contributed by atoms with Gasteiger partial charge in [0.25, 0.3) is 0 Å². The smallest absolute Gasteiger partial charge is 0.119 e. The Balaban J connectivity index is 1.84. The van der Waals surface area contributed by atoms with Gasteiger partial charge < -0.3 is 15.6 Å². The molecule has 23 heavy (non-hydrogen) atoms. The first-order valence-electron chi connectivity index (χ1n) is 9.21. The highest BCUT2D eigenvalue weighted by molar-refractivity contribution is 5.41. The molecule has 0 saturated heterocycles. The molecule has 2 atom stereocenters. The van der Waals surface area contributed by atoms with Crippen molar-refractivity contribution in [1.29, 1.82) is 0 Å². The number of benzene rings is 1. The zero-order valence-corrected chi connectivity index (χ0v) is 14.8. The van der Waals surface area contributed by atoms with Gasteiger partial charge in [-0.2, -0.15) is 0 Å². The van der Waals surface area contributed by atoms with Gasteiger partial charge in [-0.25, -0.2) is 0 Å². The van der Waals surface area contributed by atoms with Gasteiger partial charge >= 0.3 is 0 Å². The monoisotopic (exact) mass is 319 g/mol. The molecule has 1 aromatic rings. The lowest BCUT2D eigenvalue weighted by molar-refractivity contribution is 0.192. The molecule has 0 bridgehead atoms. The van der Waals surface area contributed by atoms with Crippen molar-refractivity contribution in [3.63, 3.8) is 0 Å². The molecular weight excluding hydrogens is 286 g/mol. The van der Waals surface area contributed by atoms with Crippen molar-refractivity contribution in [3.8, 4) is 5.75 Å². The zero-order valence-electron chi connectivity index (χ0n) is 14.8. The van der Waals surface area contributed by atoms with E-state index in [1.165, 1.54) is 36.8 Å². The third-order valence-corrected chi connectivity index (χ3v) is 4.91. The fourth-order valence-corrected chi connectivity index (χ4v) is 3.51. The van der Waals surface area contributed by atoms with Crippen LogP contribution in [0.15, 0.2) is 18.2 Å². The standard InChI is InChI=1S/C20H33NO2/c1-3-4-5-6-7-12-23-18-10-11-19-16(13-18)8-9-17(19)14-20(2,21)15-22/h10-11,13,17,22H,3-9,12,14-15,21H2,1-2H3. The molecule has 130 valence electrons. The van der Waals surface area contributed by atoms with E-state index in [0.29, 0.717) is 5.92 Å². The lowest BCUT2D eigenvalue weighted by Crippen LogP contribution is -2.41. The van der Waals surface area contributed by atoms with Crippen LogP contribution < -0.4 is 10.5 Å². The summed E-state index contributed by atoms with van der Waals surface area (Å²) in [5, 5.41) is 9.38. The molecule has 0 aliphatic heterocycles. The molecule has 0 fully saturated rings. The van der Waals surface area contributed by atoms with Gasteiger partial charge in [-0.3, -0.25) is 0 Å². The van der Waals surface area contributed by atoms with E-state index in [9.17, 15) is 5.11 Å². The number of aryl methyl sites for hydroxylation is 1. The average molecular weight is 319 g/mol. The first kappa shape index (κ1) is 18.3. The number of aliphatic hydroxyl groups is 1. The summed E-state index contributed by atoms with van der Waals surface area (Å²) >= 11 is 0. The SMILES string of the molecule is CCCCCCCOc1ccc2c(c1)CCC2CC(C)(N)CO. The minimum atomic E-state index is -0.486. The number of rotatable bonds is 10. The minimum absolute atomic E-state index is 0.0397. The number of aliphatic hydroxyl groups excluding tert-OH is 1. The van der Waals surface area contributed by atoms with Crippen LogP contribution >= 0.6 is 0 Å². The number of hydrogen-bond acceptors (Lipinski definition) is 3. The van der Waals surface area contributed by atoms with Gasteiger partial charge in [-0.05, 0) is 61.8 Å². The maximum Gasteiger partial charge on any atom is 0.119 e. The third kappa shape index (κ3) is 5.50. The Labute approximate surface area is 141 Å². The lowest BCUT2D eigenvalue weighted by atomic mass is 9.87. The molecule has 2 rings (SSSR count). The van der Waals surface area contributed by atoms with E-state index in [1.54, 1.807) is 0 Å². The summed E-state index contributed by atoms with van der Waals surface area (Å²) in [5.74, 6) is 1.47. The van der Waals surface area contributed by atoms with Crippen molar-refractivity contribution >= 4 is 0 Å². The predicted molar refractivity (Wildman–Crippen MR) is 96.1 cm³/mol. The van der Waals surface area contributed by atoms with Crippen LogP contribution in [-0.2, 0) is 6.42 Å². The van der Waals surface area contributed by atoms with Gasteiger partial charge in [0.2, 0.25) is 0 Å². The first-order chi connectivity index (χ1) is 11.1. The van der Waals surface area contributed by atoms with Crippen molar-refractivity contribution in [3.05, 3.63) is 29.3 Å². The van der Waals surface area contributed by atoms with Crippen LogP contribution in [0.3, 0.4) is 0 Å². The molecule has 3 nitrogen and oxygen atoms in total. The summed E-state index contributed by atoms with van der Waals surface area (Å²) < 4.78 is 5.90. The van der Waals surface area contributed by atoms with Crippen LogP contribution in [0.25, 0.3) is 0 Å². The lowest BCUT2D eigenvalue weighted by Gasteiger charge is -2.26. The van der Waals surface area contributed by atoms with Gasteiger partial charge in [0, 0.05) is 5.54 Å². The van der Waals surface area contributed by atoms with E-state index in [-0.39, 0.29) is 6.61 Å². The summed E-state index contributed by atoms with van der Waals surface area (Å²) in [4.78, 5) is 0. The summed E-state index contributed by atoms with van der Waals surface area (Å²) in [7, 11) is 0. The third-order valence-electron chi connectivity index (χ3n) is 4.91. The Kier molecular flexibility index (Phi) is 6.91. The molecule has 1 aliphatic carbocycles. The predicted octanol–water partition coefficient (Wildman–Crippen LogP) is 4.17. The van der Waals surface area contributed by atoms with Crippen LogP contribution in [0.1, 0.15) is 75.8 Å². The summed E-state index contributed by atoms with van der Waals surface area (Å²) in [6.07, 6.45) is 9.39. The molecule has 0 aromatic heterocycles. The fourth-order valence-electron chi connectivity index (χ4n) is 3.51. The number of hydrogen-bond donors (Lipinski definition) is 2. The molecule has 1 aromatic carbocycles. The van der Waals surface area contributed by atoms with E-state index in [1.807, 2.05) is 6.92 Å². The van der Waals surface area contributed by atoms with E-state index in [0.717, 1.165) is 38.0 Å². The number of unbranched alkanes of at least 4 members (excludes halogenated alkanes) is 4. The largest absolute Gasteiger partial charge is 0.494 e. The maximum absolute atomic E-state index is 9.38. The normalized spacial score (nSPS) is 19.4. The maximum atomic E-state index is 9.38. The van der Waals surface area contributed by atoms with Crippen molar-refractivity contribution in [2.75, 3.05) is 13.2 Å². The van der Waals surface area contributed by atoms with Gasteiger partial charge in [-0.1, -0.05) is 38.7 Å². The van der Waals surface area contributed by atoms with Crippen molar-refractivity contribution < 1.29 is 9.84 Å². The van der Waals surface area contributed by atoms with E-state index in [4.69, 9.17) is 10.5 Å². The number of fused-ring (bicyclic) bond motifs is 1. The summed E-state index contributed by atoms with van der Waals surface area (Å²) in [5.41, 5.74) is 8.43. The van der Waals surface area contributed by atoms with Crippen molar-refractivity contribution in [2.45, 2.75) is 76.7 Å². The molecule has 3 heteroatoms. The highest BCUT2D eigenvalue weighted by Crippen LogP contribution is 2.39. The Bertz CT molecular complexity index is 485. The second-order valence-corrected chi connectivity index (χ2v) is 7.38. The Morgan fingerprint density at radius 1 is 1.26 bits per heavy atom. The average Bonchev–Trinajstić information content (AvgIpc) is 2.92. The molecule has 1 aliphatic rings.